The number of benzene rings is 1. The average Bonchev–Trinajstić information content (AvgIpc) is 2.80. The van der Waals surface area contributed by atoms with Gasteiger partial charge in [0.05, 0.1) is 5.56 Å². The molecule has 7 nitrogen and oxygen atoms in total. The van der Waals surface area contributed by atoms with E-state index in [1.54, 1.807) is 15.9 Å². The van der Waals surface area contributed by atoms with Crippen LogP contribution in [0.4, 0.5) is 10.1 Å². The highest BCUT2D eigenvalue weighted by Gasteiger charge is 2.25. The number of hydrogen-bond acceptors (Lipinski definition) is 5. The van der Waals surface area contributed by atoms with E-state index in [1.165, 1.54) is 30.9 Å². The third-order valence-corrected chi connectivity index (χ3v) is 6.05. The van der Waals surface area contributed by atoms with Gasteiger partial charge in [-0.2, -0.15) is 0 Å². The molecule has 190 valence electrons. The third kappa shape index (κ3) is 7.82. The molecule has 0 N–H and O–H groups in total. The minimum Gasteiger partial charge on any atom is -0.334 e. The summed E-state index contributed by atoms with van der Waals surface area (Å²) in [7, 11) is 0. The van der Waals surface area contributed by atoms with Crippen LogP contribution in [0.15, 0.2) is 36.9 Å². The molecule has 1 aliphatic heterocycles. The first-order valence-electron chi connectivity index (χ1n) is 12.6. The van der Waals surface area contributed by atoms with Crippen molar-refractivity contribution in [1.29, 1.82) is 0 Å². The van der Waals surface area contributed by atoms with Gasteiger partial charge >= 0.3 is 0 Å². The number of nitrogens with zero attached hydrogens (tertiary/aromatic N) is 5. The van der Waals surface area contributed by atoms with Gasteiger partial charge in [-0.25, -0.2) is 14.4 Å². The van der Waals surface area contributed by atoms with Crippen LogP contribution < -0.4 is 4.90 Å². The van der Waals surface area contributed by atoms with E-state index in [2.05, 4.69) is 28.7 Å². The molecule has 1 aliphatic rings. The summed E-state index contributed by atoms with van der Waals surface area (Å²) in [6.07, 6.45) is 6.43. The summed E-state index contributed by atoms with van der Waals surface area (Å²) in [6, 6.07) is 4.51. The van der Waals surface area contributed by atoms with Gasteiger partial charge in [-0.3, -0.25) is 9.59 Å². The van der Waals surface area contributed by atoms with Crippen molar-refractivity contribution in [2.24, 2.45) is 11.8 Å². The molecule has 0 atom stereocenters. The molecule has 2 amide bonds. The molecule has 0 bridgehead atoms. The molecule has 3 rings (SSSR count). The van der Waals surface area contributed by atoms with E-state index in [4.69, 9.17) is 0 Å². The van der Waals surface area contributed by atoms with E-state index < -0.39 is 0 Å². The van der Waals surface area contributed by atoms with Crippen molar-refractivity contribution in [3.63, 3.8) is 0 Å². The normalized spacial score (nSPS) is 16.1. The maximum atomic E-state index is 14.4. The molecule has 0 spiro atoms. The number of rotatable bonds is 5. The van der Waals surface area contributed by atoms with Gasteiger partial charge in [0.1, 0.15) is 12.1 Å². The largest absolute Gasteiger partial charge is 0.334 e. The molecule has 2 aromatic rings. The van der Waals surface area contributed by atoms with Crippen molar-refractivity contribution in [1.82, 2.24) is 19.8 Å². The second-order valence-corrected chi connectivity index (χ2v) is 10.2. The highest BCUT2D eigenvalue weighted by atomic mass is 19.1. The Bertz CT molecular complexity index is 983. The van der Waals surface area contributed by atoms with Gasteiger partial charge < -0.3 is 14.7 Å². The van der Waals surface area contributed by atoms with E-state index in [9.17, 15) is 14.0 Å². The monoisotopic (exact) mass is 483 g/mol. The van der Waals surface area contributed by atoms with E-state index in [-0.39, 0.29) is 30.1 Å². The number of anilines is 1. The number of hydrogen-bond donors (Lipinski definition) is 0. The van der Waals surface area contributed by atoms with Crippen LogP contribution in [-0.2, 0) is 11.3 Å². The van der Waals surface area contributed by atoms with Crippen LogP contribution >= 0.6 is 0 Å². The van der Waals surface area contributed by atoms with Gasteiger partial charge in [-0.05, 0) is 61.5 Å². The third-order valence-electron chi connectivity index (χ3n) is 6.05. The molecule has 8 heteroatoms. The number of fused-ring (bicyclic) bond motifs is 1. The van der Waals surface area contributed by atoms with Crippen molar-refractivity contribution in [2.75, 3.05) is 37.6 Å². The topological polar surface area (TPSA) is 69.6 Å². The predicted molar refractivity (Wildman–Crippen MR) is 135 cm³/mol. The summed E-state index contributed by atoms with van der Waals surface area (Å²) in [6.45, 7) is 12.4. The summed E-state index contributed by atoms with van der Waals surface area (Å²) in [5.41, 5.74) is 1.70. The van der Waals surface area contributed by atoms with Crippen molar-refractivity contribution >= 4 is 17.5 Å². The molecule has 0 aliphatic carbocycles. The summed E-state index contributed by atoms with van der Waals surface area (Å²) in [5, 5.41) is 0. The smallest absolute Gasteiger partial charge is 0.257 e. The zero-order valence-corrected chi connectivity index (χ0v) is 21.4. The average molecular weight is 484 g/mol. The second-order valence-electron chi connectivity index (χ2n) is 10.2. The first kappa shape index (κ1) is 26.7. The number of amides is 2. The van der Waals surface area contributed by atoms with Crippen molar-refractivity contribution in [3.8, 4) is 0 Å². The standard InChI is InChI=1S/C27H38FN5O2/c1-20(2)13-26(34)33-12-6-10-31(17-21(3)4)9-5-11-32(27(35)23-15-29-19-30-16-23)18-22-14-24(28)7-8-25(22)33/h7-8,14-16,19-21H,5-6,9-13,17-18H2,1-4H3. The van der Waals surface area contributed by atoms with Crippen LogP contribution in [0.25, 0.3) is 0 Å². The molecule has 2 heterocycles. The lowest BCUT2D eigenvalue weighted by atomic mass is 10.1. The maximum Gasteiger partial charge on any atom is 0.257 e. The maximum absolute atomic E-state index is 14.4. The van der Waals surface area contributed by atoms with Crippen molar-refractivity contribution in [3.05, 3.63) is 53.9 Å². The fourth-order valence-corrected chi connectivity index (χ4v) is 4.58. The minimum absolute atomic E-state index is 0.0228. The van der Waals surface area contributed by atoms with Gasteiger partial charge in [0.25, 0.3) is 5.91 Å². The lowest BCUT2D eigenvalue weighted by Crippen LogP contribution is -2.40. The Kier molecular flexibility index (Phi) is 9.72. The van der Waals surface area contributed by atoms with E-state index in [0.717, 1.165) is 32.5 Å². The van der Waals surface area contributed by atoms with Crippen LogP contribution in [0.1, 0.15) is 62.9 Å². The highest BCUT2D eigenvalue weighted by molar-refractivity contribution is 5.95. The van der Waals surface area contributed by atoms with Gasteiger partial charge in [0.2, 0.25) is 5.91 Å². The molecule has 35 heavy (non-hydrogen) atoms. The zero-order valence-electron chi connectivity index (χ0n) is 21.4. The zero-order chi connectivity index (χ0) is 25.4. The van der Waals surface area contributed by atoms with Crippen LogP contribution in [0.3, 0.4) is 0 Å². The van der Waals surface area contributed by atoms with Gasteiger partial charge in [0, 0.05) is 50.7 Å². The fourth-order valence-electron chi connectivity index (χ4n) is 4.58. The number of halogens is 1. The highest BCUT2D eigenvalue weighted by Crippen LogP contribution is 2.26. The predicted octanol–water partition coefficient (Wildman–Crippen LogP) is 4.39. The Morgan fingerprint density at radius 1 is 0.971 bits per heavy atom. The molecule has 0 radical (unpaired) electrons. The number of carbonyl (C=O) groups excluding carboxylic acids is 2. The van der Waals surface area contributed by atoms with Crippen LogP contribution in [0, 0.1) is 17.7 Å². The fraction of sp³-hybridized carbons (Fsp3) is 0.556. The molecular formula is C27H38FN5O2. The Labute approximate surface area is 208 Å². The summed E-state index contributed by atoms with van der Waals surface area (Å²) < 4.78 is 14.4. The number of aromatic nitrogens is 2. The molecule has 0 saturated heterocycles. The SMILES string of the molecule is CC(C)CC(=O)N1CCCN(CC(C)C)CCCN(C(=O)c2cncnc2)Cc2cc(F)ccc21. The van der Waals surface area contributed by atoms with Gasteiger partial charge in [0.15, 0.2) is 0 Å². The lowest BCUT2D eigenvalue weighted by molar-refractivity contribution is -0.119. The Morgan fingerprint density at radius 3 is 2.31 bits per heavy atom. The van der Waals surface area contributed by atoms with Gasteiger partial charge in [-0.1, -0.05) is 27.7 Å². The molecular weight excluding hydrogens is 445 g/mol. The first-order valence-corrected chi connectivity index (χ1v) is 12.6. The van der Waals surface area contributed by atoms with Crippen LogP contribution in [0.2, 0.25) is 0 Å². The van der Waals surface area contributed by atoms with Crippen LogP contribution in [-0.4, -0.2) is 64.3 Å². The first-order chi connectivity index (χ1) is 16.7. The summed E-state index contributed by atoms with van der Waals surface area (Å²) >= 11 is 0. The molecule has 0 unspecified atom stereocenters. The van der Waals surface area contributed by atoms with Crippen molar-refractivity contribution in [2.45, 2.75) is 53.5 Å². The Morgan fingerprint density at radius 2 is 1.66 bits per heavy atom. The van der Waals surface area contributed by atoms with E-state index in [1.807, 2.05) is 13.8 Å². The Balaban J connectivity index is 2.00. The summed E-state index contributed by atoms with van der Waals surface area (Å²) in [5.74, 6) is 0.166. The molecule has 0 fully saturated rings. The van der Waals surface area contributed by atoms with E-state index in [0.29, 0.717) is 42.2 Å². The van der Waals surface area contributed by atoms with Crippen molar-refractivity contribution < 1.29 is 14.0 Å². The molecule has 1 aromatic heterocycles. The lowest BCUT2D eigenvalue weighted by Gasteiger charge is -2.32. The minimum atomic E-state index is -0.384. The van der Waals surface area contributed by atoms with E-state index >= 15 is 0 Å². The van der Waals surface area contributed by atoms with Crippen LogP contribution in [0.5, 0.6) is 0 Å². The summed E-state index contributed by atoms with van der Waals surface area (Å²) in [4.78, 5) is 40.6. The molecule has 1 aromatic carbocycles. The quantitative estimate of drug-likeness (QED) is 0.631. The number of carbonyl (C=O) groups is 2. The Hall–Kier alpha value is -2.87. The second kappa shape index (κ2) is 12.7. The molecule has 0 saturated carbocycles. The van der Waals surface area contributed by atoms with Gasteiger partial charge in [-0.15, -0.1) is 0 Å².